The Morgan fingerprint density at radius 3 is 2.81 bits per heavy atom. The first-order valence-corrected chi connectivity index (χ1v) is 6.62. The molecule has 0 aliphatic rings. The Balaban J connectivity index is 2.12. The molecule has 0 aliphatic heterocycles. The Kier molecular flexibility index (Phi) is 4.52. The average Bonchev–Trinajstić information content (AvgIpc) is 2.84. The summed E-state index contributed by atoms with van der Waals surface area (Å²) in [7, 11) is 0. The second-order valence-electron chi connectivity index (χ2n) is 3.77. The van der Waals surface area contributed by atoms with E-state index in [1.165, 1.54) is 18.3 Å². The molecule has 2 aromatic rings. The lowest BCUT2D eigenvalue weighted by Crippen LogP contribution is -2.17. The molecule has 1 aromatic heterocycles. The number of furan rings is 1. The predicted octanol–water partition coefficient (Wildman–Crippen LogP) is 2.26. The summed E-state index contributed by atoms with van der Waals surface area (Å²) in [5.74, 6) is -1.04. The lowest BCUT2D eigenvalue weighted by Gasteiger charge is -2.02. The number of nitrogens with one attached hydrogen (secondary N) is 1. The summed E-state index contributed by atoms with van der Waals surface area (Å²) in [6, 6.07) is 7.02. The van der Waals surface area contributed by atoms with Gasteiger partial charge in [0, 0.05) is 6.07 Å². The summed E-state index contributed by atoms with van der Waals surface area (Å²) < 4.78 is 5.86. The highest BCUT2D eigenvalue weighted by atomic mass is 127. The maximum Gasteiger partial charge on any atom is 0.311 e. The van der Waals surface area contributed by atoms with Crippen LogP contribution in [0, 0.1) is 13.9 Å². The fourth-order valence-electron chi connectivity index (χ4n) is 1.47. The van der Waals surface area contributed by atoms with E-state index in [0.29, 0.717) is 9.53 Å². The van der Waals surface area contributed by atoms with Crippen molar-refractivity contribution in [1.82, 2.24) is 5.43 Å². The van der Waals surface area contributed by atoms with E-state index in [4.69, 9.17) is 4.42 Å². The summed E-state index contributed by atoms with van der Waals surface area (Å²) in [6.07, 6.45) is 1.27. The number of hydrazone groups is 1. The van der Waals surface area contributed by atoms with E-state index in [0.717, 1.165) is 6.07 Å². The Morgan fingerprint density at radius 1 is 1.43 bits per heavy atom. The van der Waals surface area contributed by atoms with Crippen LogP contribution in [0.2, 0.25) is 0 Å². The highest BCUT2D eigenvalue weighted by Crippen LogP contribution is 2.28. The molecular formula is C12H8IN3O5. The van der Waals surface area contributed by atoms with E-state index < -0.39 is 22.3 Å². The first-order valence-electron chi connectivity index (χ1n) is 5.54. The fraction of sp³-hybridized carbons (Fsp3) is 0. The highest BCUT2D eigenvalue weighted by Gasteiger charge is 2.20. The van der Waals surface area contributed by atoms with Crippen molar-refractivity contribution in [2.75, 3.05) is 0 Å². The first-order chi connectivity index (χ1) is 9.99. The number of benzene rings is 1. The number of halogens is 1. The van der Waals surface area contributed by atoms with Crippen LogP contribution in [0.1, 0.15) is 16.1 Å². The molecule has 0 spiro atoms. The third kappa shape index (κ3) is 3.56. The minimum Gasteiger partial charge on any atom is -0.502 e. The zero-order valence-electron chi connectivity index (χ0n) is 10.3. The summed E-state index contributed by atoms with van der Waals surface area (Å²) in [5.41, 5.74) is 1.36. The Bertz CT molecular complexity index is 725. The third-order valence-electron chi connectivity index (χ3n) is 2.41. The van der Waals surface area contributed by atoms with Crippen molar-refractivity contribution < 1.29 is 19.2 Å². The largest absolute Gasteiger partial charge is 0.502 e. The summed E-state index contributed by atoms with van der Waals surface area (Å²) in [6.45, 7) is 0. The van der Waals surface area contributed by atoms with Crippen LogP contribution >= 0.6 is 22.6 Å². The van der Waals surface area contributed by atoms with Crippen molar-refractivity contribution >= 4 is 40.4 Å². The number of aromatic hydroxyl groups is 1. The zero-order valence-corrected chi connectivity index (χ0v) is 12.5. The van der Waals surface area contributed by atoms with Gasteiger partial charge >= 0.3 is 5.69 Å². The number of carbonyl (C=O) groups is 1. The average molecular weight is 401 g/mol. The lowest BCUT2D eigenvalue weighted by molar-refractivity contribution is -0.385. The Morgan fingerprint density at radius 2 is 2.19 bits per heavy atom. The molecule has 108 valence electrons. The fourth-order valence-corrected chi connectivity index (χ4v) is 1.91. The number of nitro groups is 1. The van der Waals surface area contributed by atoms with Gasteiger partial charge in [-0.1, -0.05) is 6.07 Å². The quantitative estimate of drug-likeness (QED) is 0.353. The minimum absolute atomic E-state index is 0.240. The number of hydrogen-bond donors (Lipinski definition) is 2. The molecule has 0 saturated carbocycles. The lowest BCUT2D eigenvalue weighted by atomic mass is 10.1. The zero-order chi connectivity index (χ0) is 15.4. The first kappa shape index (κ1) is 15.0. The standard InChI is InChI=1S/C12H8IN3O5/c13-10-5-4-7(21-10)6-14-15-12(18)8-2-1-3-9(11(8)17)16(19)20/h1-6,17H,(H,15,18)/b14-6-. The van der Waals surface area contributed by atoms with E-state index in [2.05, 4.69) is 10.5 Å². The van der Waals surface area contributed by atoms with Crippen LogP contribution in [0.4, 0.5) is 5.69 Å². The van der Waals surface area contributed by atoms with Crippen molar-refractivity contribution in [3.05, 3.63) is 55.5 Å². The van der Waals surface area contributed by atoms with Crippen molar-refractivity contribution in [1.29, 1.82) is 0 Å². The minimum atomic E-state index is -0.778. The second kappa shape index (κ2) is 6.35. The maximum absolute atomic E-state index is 11.8. The van der Waals surface area contributed by atoms with Crippen LogP contribution in [-0.2, 0) is 0 Å². The van der Waals surface area contributed by atoms with E-state index in [-0.39, 0.29) is 5.56 Å². The van der Waals surface area contributed by atoms with Gasteiger partial charge < -0.3 is 9.52 Å². The molecule has 21 heavy (non-hydrogen) atoms. The SMILES string of the molecule is O=C(N/N=C\c1ccc(I)o1)c1cccc([N+](=O)[O-])c1O. The molecule has 2 rings (SSSR count). The van der Waals surface area contributed by atoms with Crippen LogP contribution in [-0.4, -0.2) is 22.2 Å². The number of phenolic OH excluding ortho intramolecular Hbond substituents is 1. The monoisotopic (exact) mass is 401 g/mol. The molecular weight excluding hydrogens is 393 g/mol. The van der Waals surface area contributed by atoms with E-state index >= 15 is 0 Å². The molecule has 0 aliphatic carbocycles. The predicted molar refractivity (Wildman–Crippen MR) is 81.2 cm³/mol. The van der Waals surface area contributed by atoms with Crippen molar-refractivity contribution in [3.8, 4) is 5.75 Å². The third-order valence-corrected chi connectivity index (χ3v) is 2.99. The molecule has 0 unspecified atom stereocenters. The number of hydrogen-bond acceptors (Lipinski definition) is 6. The van der Waals surface area contributed by atoms with Gasteiger partial charge in [-0.25, -0.2) is 5.43 Å². The summed E-state index contributed by atoms with van der Waals surface area (Å²) in [5, 5.41) is 24.0. The molecule has 0 fully saturated rings. The number of phenols is 1. The molecule has 1 amide bonds. The van der Waals surface area contributed by atoms with Gasteiger partial charge in [0.05, 0.1) is 16.7 Å². The summed E-state index contributed by atoms with van der Waals surface area (Å²) in [4.78, 5) is 21.7. The molecule has 0 radical (unpaired) electrons. The number of nitrogens with zero attached hydrogens (tertiary/aromatic N) is 2. The van der Waals surface area contributed by atoms with E-state index in [1.807, 2.05) is 22.6 Å². The van der Waals surface area contributed by atoms with Crippen LogP contribution in [0.3, 0.4) is 0 Å². The number of nitro benzene ring substituents is 1. The van der Waals surface area contributed by atoms with Gasteiger partial charge in [0.2, 0.25) is 5.75 Å². The number of rotatable bonds is 4. The van der Waals surface area contributed by atoms with Gasteiger partial charge in [0.25, 0.3) is 5.91 Å². The van der Waals surface area contributed by atoms with E-state index in [9.17, 15) is 20.0 Å². The summed E-state index contributed by atoms with van der Waals surface area (Å²) >= 11 is 1.98. The highest BCUT2D eigenvalue weighted by molar-refractivity contribution is 14.1. The van der Waals surface area contributed by atoms with Crippen LogP contribution in [0.25, 0.3) is 0 Å². The molecule has 1 aromatic carbocycles. The number of amides is 1. The number of carbonyl (C=O) groups excluding carboxylic acids is 1. The topological polar surface area (TPSA) is 118 Å². The van der Waals surface area contributed by atoms with E-state index in [1.54, 1.807) is 12.1 Å². The molecule has 2 N–H and O–H groups in total. The maximum atomic E-state index is 11.8. The van der Waals surface area contributed by atoms with Crippen LogP contribution in [0.15, 0.2) is 39.9 Å². The van der Waals surface area contributed by atoms with Crippen LogP contribution in [0.5, 0.6) is 5.75 Å². The van der Waals surface area contributed by atoms with Gasteiger partial charge in [-0.2, -0.15) is 5.10 Å². The smallest absolute Gasteiger partial charge is 0.311 e. The molecule has 0 bridgehead atoms. The number of para-hydroxylation sites is 1. The van der Waals surface area contributed by atoms with Gasteiger partial charge in [0.1, 0.15) is 5.76 Å². The van der Waals surface area contributed by atoms with Crippen molar-refractivity contribution in [3.63, 3.8) is 0 Å². The van der Waals surface area contributed by atoms with Gasteiger partial charge in [-0.15, -0.1) is 0 Å². The van der Waals surface area contributed by atoms with Crippen molar-refractivity contribution in [2.24, 2.45) is 5.10 Å². The van der Waals surface area contributed by atoms with Gasteiger partial charge in [-0.05, 0) is 40.8 Å². The molecule has 1 heterocycles. The van der Waals surface area contributed by atoms with Gasteiger partial charge in [-0.3, -0.25) is 14.9 Å². The molecule has 0 saturated heterocycles. The Labute approximate surface area is 131 Å². The normalized spacial score (nSPS) is 10.7. The van der Waals surface area contributed by atoms with Crippen molar-refractivity contribution in [2.45, 2.75) is 0 Å². The molecule has 9 heteroatoms. The second-order valence-corrected chi connectivity index (χ2v) is 4.83. The Hall–Kier alpha value is -2.43. The van der Waals surface area contributed by atoms with Gasteiger partial charge in [0.15, 0.2) is 3.77 Å². The molecule has 8 nitrogen and oxygen atoms in total. The molecule has 0 atom stereocenters. The van der Waals surface area contributed by atoms with Crippen LogP contribution < -0.4 is 5.43 Å².